The highest BCUT2D eigenvalue weighted by Gasteiger charge is 2.42. The SMILES string of the molecule is C[C@@H]1CN(CC(=O)N2CC(C)(C)c3ncc(C(F)(F)F)cc32)[C@@H](CN2CCOCC2)CN1. The number of nitrogens with one attached hydrogen (secondary N) is 1. The van der Waals surface area contributed by atoms with Gasteiger partial charge in [-0.15, -0.1) is 0 Å². The summed E-state index contributed by atoms with van der Waals surface area (Å²) in [5.41, 5.74) is -0.508. The van der Waals surface area contributed by atoms with Crippen LogP contribution in [0.25, 0.3) is 0 Å². The molecule has 3 aliphatic rings. The van der Waals surface area contributed by atoms with Gasteiger partial charge in [0.2, 0.25) is 5.91 Å². The van der Waals surface area contributed by atoms with Gasteiger partial charge in [0, 0.05) is 63.0 Å². The van der Waals surface area contributed by atoms with Crippen LogP contribution in [0.15, 0.2) is 12.3 Å². The maximum Gasteiger partial charge on any atom is 0.417 e. The number of rotatable bonds is 4. The van der Waals surface area contributed by atoms with Crippen LogP contribution in [0, 0.1) is 0 Å². The number of halogens is 3. The number of ether oxygens (including phenoxy) is 1. The molecule has 0 unspecified atom stereocenters. The fourth-order valence-electron chi connectivity index (χ4n) is 4.86. The molecule has 32 heavy (non-hydrogen) atoms. The first-order chi connectivity index (χ1) is 15.0. The van der Waals surface area contributed by atoms with Crippen LogP contribution in [0.4, 0.5) is 18.9 Å². The molecule has 1 aromatic rings. The molecule has 3 aliphatic heterocycles. The minimum Gasteiger partial charge on any atom is -0.379 e. The standard InChI is InChI=1S/C22H32F3N5O2/c1-15-11-29(17(10-26-15)12-28-4-6-32-7-5-28)13-19(31)30-14-21(2,3)20-18(30)8-16(9-27-20)22(23,24)25/h8-9,15,17,26H,4-7,10-14H2,1-3H3/t15-,17-/m1/s1. The number of amides is 1. The fourth-order valence-corrected chi connectivity index (χ4v) is 4.86. The maximum atomic E-state index is 13.4. The van der Waals surface area contributed by atoms with Gasteiger partial charge in [0.05, 0.1) is 36.7 Å². The Morgan fingerprint density at radius 2 is 2.03 bits per heavy atom. The minimum absolute atomic E-state index is 0.156. The second-order valence-corrected chi connectivity index (χ2v) is 9.76. The van der Waals surface area contributed by atoms with E-state index in [0.29, 0.717) is 32.0 Å². The first kappa shape index (κ1) is 23.4. The van der Waals surface area contributed by atoms with Gasteiger partial charge in [0.15, 0.2) is 0 Å². The van der Waals surface area contributed by atoms with Crippen molar-refractivity contribution in [1.29, 1.82) is 0 Å². The number of hydrogen-bond acceptors (Lipinski definition) is 6. The summed E-state index contributed by atoms with van der Waals surface area (Å²) in [6, 6.07) is 1.47. The number of carbonyl (C=O) groups excluding carboxylic acids is 1. The quantitative estimate of drug-likeness (QED) is 0.746. The Bertz CT molecular complexity index is 841. The van der Waals surface area contributed by atoms with Gasteiger partial charge in [0.25, 0.3) is 0 Å². The minimum atomic E-state index is -4.50. The van der Waals surface area contributed by atoms with Crippen LogP contribution < -0.4 is 10.2 Å². The molecule has 2 saturated heterocycles. The number of anilines is 1. The van der Waals surface area contributed by atoms with Gasteiger partial charge in [-0.05, 0) is 13.0 Å². The molecule has 0 bridgehead atoms. The summed E-state index contributed by atoms with van der Waals surface area (Å²) in [6.45, 7) is 11.9. The third-order valence-electron chi connectivity index (χ3n) is 6.62. The van der Waals surface area contributed by atoms with Gasteiger partial charge in [-0.25, -0.2) is 0 Å². The van der Waals surface area contributed by atoms with Crippen LogP contribution in [-0.2, 0) is 21.1 Å². The topological polar surface area (TPSA) is 60.9 Å². The van der Waals surface area contributed by atoms with Crippen molar-refractivity contribution in [3.05, 3.63) is 23.5 Å². The Morgan fingerprint density at radius 3 is 2.72 bits per heavy atom. The summed E-state index contributed by atoms with van der Waals surface area (Å²) in [5.74, 6) is -0.181. The van der Waals surface area contributed by atoms with E-state index in [-0.39, 0.29) is 30.2 Å². The third-order valence-corrected chi connectivity index (χ3v) is 6.62. The molecule has 0 radical (unpaired) electrons. The molecule has 0 saturated carbocycles. The fraction of sp³-hybridized carbons (Fsp3) is 0.727. The molecular weight excluding hydrogens is 423 g/mol. The normalized spacial score (nSPS) is 26.9. The lowest BCUT2D eigenvalue weighted by molar-refractivity contribution is -0.137. The Balaban J connectivity index is 1.52. The smallest absolute Gasteiger partial charge is 0.379 e. The summed E-state index contributed by atoms with van der Waals surface area (Å²) in [6.07, 6.45) is -3.63. The van der Waals surface area contributed by atoms with Gasteiger partial charge in [-0.1, -0.05) is 13.8 Å². The van der Waals surface area contributed by atoms with Crippen LogP contribution in [0.3, 0.4) is 0 Å². The van der Waals surface area contributed by atoms with E-state index in [2.05, 4.69) is 27.0 Å². The molecule has 2 fully saturated rings. The molecule has 178 valence electrons. The summed E-state index contributed by atoms with van der Waals surface area (Å²) in [5, 5.41) is 3.49. The summed E-state index contributed by atoms with van der Waals surface area (Å²) in [4.78, 5) is 23.5. The van der Waals surface area contributed by atoms with E-state index in [0.717, 1.165) is 38.4 Å². The molecule has 7 nitrogen and oxygen atoms in total. The van der Waals surface area contributed by atoms with Crippen LogP contribution in [0.5, 0.6) is 0 Å². The predicted octanol–water partition coefficient (Wildman–Crippen LogP) is 1.72. The van der Waals surface area contributed by atoms with Gasteiger partial charge >= 0.3 is 6.18 Å². The van der Waals surface area contributed by atoms with E-state index in [1.807, 2.05) is 13.8 Å². The van der Waals surface area contributed by atoms with Crippen molar-refractivity contribution in [2.45, 2.75) is 44.4 Å². The molecule has 0 aromatic carbocycles. The average Bonchev–Trinajstić information content (AvgIpc) is 3.01. The van der Waals surface area contributed by atoms with Crippen molar-refractivity contribution in [2.24, 2.45) is 0 Å². The van der Waals surface area contributed by atoms with E-state index in [1.165, 1.54) is 4.90 Å². The Kier molecular flexibility index (Phi) is 6.50. The number of nitrogens with zero attached hydrogens (tertiary/aromatic N) is 4. The number of piperazine rings is 1. The highest BCUT2D eigenvalue weighted by Crippen LogP contribution is 2.42. The third kappa shape index (κ3) is 4.93. The molecule has 1 aromatic heterocycles. The molecule has 10 heteroatoms. The second-order valence-electron chi connectivity index (χ2n) is 9.76. The van der Waals surface area contributed by atoms with Gasteiger partial charge < -0.3 is 15.0 Å². The van der Waals surface area contributed by atoms with Crippen LogP contribution in [-0.4, -0.2) is 91.8 Å². The van der Waals surface area contributed by atoms with Gasteiger partial charge in [-0.2, -0.15) is 13.2 Å². The van der Waals surface area contributed by atoms with Crippen molar-refractivity contribution >= 4 is 11.6 Å². The number of aromatic nitrogens is 1. The van der Waals surface area contributed by atoms with Crippen molar-refractivity contribution < 1.29 is 22.7 Å². The lowest BCUT2D eigenvalue weighted by Crippen LogP contribution is -2.61. The van der Waals surface area contributed by atoms with Gasteiger partial charge in [0.1, 0.15) is 0 Å². The molecule has 1 N–H and O–H groups in total. The molecule has 4 rings (SSSR count). The first-order valence-corrected chi connectivity index (χ1v) is 11.2. The zero-order chi connectivity index (χ0) is 23.1. The highest BCUT2D eigenvalue weighted by atomic mass is 19.4. The van der Waals surface area contributed by atoms with Crippen molar-refractivity contribution in [1.82, 2.24) is 20.1 Å². The molecule has 1 amide bonds. The van der Waals surface area contributed by atoms with E-state index >= 15 is 0 Å². The Hall–Kier alpha value is -1.75. The summed E-state index contributed by atoms with van der Waals surface area (Å²) < 4.78 is 45.3. The van der Waals surface area contributed by atoms with Gasteiger partial charge in [-0.3, -0.25) is 19.6 Å². The predicted molar refractivity (Wildman–Crippen MR) is 115 cm³/mol. The summed E-state index contributed by atoms with van der Waals surface area (Å²) in [7, 11) is 0. The summed E-state index contributed by atoms with van der Waals surface area (Å²) >= 11 is 0. The molecule has 2 atom stereocenters. The number of pyridine rings is 1. The second kappa shape index (κ2) is 8.89. The van der Waals surface area contributed by atoms with Crippen LogP contribution >= 0.6 is 0 Å². The number of carbonyl (C=O) groups is 1. The largest absolute Gasteiger partial charge is 0.417 e. The number of fused-ring (bicyclic) bond motifs is 1. The average molecular weight is 456 g/mol. The monoisotopic (exact) mass is 455 g/mol. The van der Waals surface area contributed by atoms with Crippen molar-refractivity contribution in [2.75, 3.05) is 63.9 Å². The van der Waals surface area contributed by atoms with Crippen molar-refractivity contribution in [3.8, 4) is 0 Å². The van der Waals surface area contributed by atoms with Crippen LogP contribution in [0.1, 0.15) is 32.0 Å². The molecule has 0 spiro atoms. The van der Waals surface area contributed by atoms with E-state index < -0.39 is 17.2 Å². The number of morpholine rings is 1. The zero-order valence-electron chi connectivity index (χ0n) is 18.9. The lowest BCUT2D eigenvalue weighted by atomic mass is 9.91. The van der Waals surface area contributed by atoms with E-state index in [1.54, 1.807) is 0 Å². The number of hydrogen-bond donors (Lipinski definition) is 1. The molecule has 4 heterocycles. The molecule has 0 aliphatic carbocycles. The maximum absolute atomic E-state index is 13.4. The molecular formula is C22H32F3N5O2. The van der Waals surface area contributed by atoms with E-state index in [9.17, 15) is 18.0 Å². The number of alkyl halides is 3. The van der Waals surface area contributed by atoms with Crippen LogP contribution in [0.2, 0.25) is 0 Å². The lowest BCUT2D eigenvalue weighted by Gasteiger charge is -2.42. The Morgan fingerprint density at radius 1 is 1.31 bits per heavy atom. The van der Waals surface area contributed by atoms with E-state index in [4.69, 9.17) is 4.74 Å². The highest BCUT2D eigenvalue weighted by molar-refractivity contribution is 5.97. The Labute approximate surface area is 186 Å². The van der Waals surface area contributed by atoms with Crippen molar-refractivity contribution in [3.63, 3.8) is 0 Å². The zero-order valence-corrected chi connectivity index (χ0v) is 18.9. The first-order valence-electron chi connectivity index (χ1n) is 11.2.